The van der Waals surface area contributed by atoms with Crippen LogP contribution in [0.25, 0.3) is 0 Å². The first-order valence-corrected chi connectivity index (χ1v) is 9.19. The van der Waals surface area contributed by atoms with Crippen molar-refractivity contribution in [3.05, 3.63) is 0 Å². The highest BCUT2D eigenvalue weighted by atomic mass is 32.2. The van der Waals surface area contributed by atoms with E-state index in [4.69, 9.17) is 5.73 Å². The van der Waals surface area contributed by atoms with Crippen LogP contribution in [0.2, 0.25) is 0 Å². The van der Waals surface area contributed by atoms with Gasteiger partial charge >= 0.3 is 0 Å². The second-order valence-corrected chi connectivity index (χ2v) is 7.74. The Morgan fingerprint density at radius 1 is 1.29 bits per heavy atom. The van der Waals surface area contributed by atoms with Gasteiger partial charge in [0.15, 0.2) is 10.7 Å². The lowest BCUT2D eigenvalue weighted by Crippen LogP contribution is -2.30. The quantitative estimate of drug-likeness (QED) is 0.703. The fourth-order valence-corrected chi connectivity index (χ4v) is 4.01. The molecular weight excluding hydrogens is 310 g/mol. The zero-order chi connectivity index (χ0) is 16.0. The third kappa shape index (κ3) is 4.53. The first-order chi connectivity index (χ1) is 9.84. The molecule has 9 heteroatoms. The molecule has 0 fully saturated rings. The Morgan fingerprint density at radius 3 is 2.48 bits per heavy atom. The molecule has 0 saturated heterocycles. The maximum atomic E-state index is 12.3. The van der Waals surface area contributed by atoms with Crippen molar-refractivity contribution in [2.45, 2.75) is 25.2 Å². The Kier molecular flexibility index (Phi) is 6.85. The van der Waals surface area contributed by atoms with Gasteiger partial charge in [0.1, 0.15) is 5.00 Å². The summed E-state index contributed by atoms with van der Waals surface area (Å²) in [6, 6.07) is 0. The summed E-state index contributed by atoms with van der Waals surface area (Å²) in [6.45, 7) is 7.77. The molecule has 21 heavy (non-hydrogen) atoms. The Labute approximate surface area is 131 Å². The molecule has 0 amide bonds. The molecule has 0 spiro atoms. The van der Waals surface area contributed by atoms with E-state index in [9.17, 15) is 8.42 Å². The van der Waals surface area contributed by atoms with Crippen LogP contribution in [0.15, 0.2) is 4.90 Å². The van der Waals surface area contributed by atoms with E-state index in [2.05, 4.69) is 28.4 Å². The average Bonchev–Trinajstić information content (AvgIpc) is 2.79. The summed E-state index contributed by atoms with van der Waals surface area (Å²) >= 11 is 1.08. The number of sulfonamides is 1. The molecule has 1 aromatic heterocycles. The molecule has 1 aromatic rings. The van der Waals surface area contributed by atoms with Crippen LogP contribution in [0.3, 0.4) is 0 Å². The van der Waals surface area contributed by atoms with Crippen LogP contribution in [0.5, 0.6) is 0 Å². The van der Waals surface area contributed by atoms with Crippen LogP contribution >= 0.6 is 11.5 Å². The molecule has 0 saturated carbocycles. The Bertz CT molecular complexity index is 542. The van der Waals surface area contributed by atoms with Gasteiger partial charge in [-0.25, -0.2) is 12.7 Å². The first-order valence-electron chi connectivity index (χ1n) is 6.98. The molecule has 0 atom stereocenters. The molecule has 7 nitrogen and oxygen atoms in total. The van der Waals surface area contributed by atoms with E-state index in [0.29, 0.717) is 11.5 Å². The van der Waals surface area contributed by atoms with Crippen molar-refractivity contribution in [1.29, 1.82) is 0 Å². The van der Waals surface area contributed by atoms with E-state index in [1.807, 2.05) is 0 Å². The number of aromatic nitrogens is 1. The summed E-state index contributed by atoms with van der Waals surface area (Å²) in [5.41, 5.74) is 5.71. The standard InChI is InChI=1S/C12H25N5O2S2/c1-5-8-17(6-2)9-7-14-12-10(11(13)15-20-12)21(18,19)16(3)4/h14H,5-9H2,1-4H3,(H2,13,15). The molecule has 0 aromatic carbocycles. The van der Waals surface area contributed by atoms with E-state index in [0.717, 1.165) is 41.9 Å². The molecule has 1 rings (SSSR count). The van der Waals surface area contributed by atoms with E-state index in [-0.39, 0.29) is 10.7 Å². The molecule has 122 valence electrons. The number of hydrogen-bond donors (Lipinski definition) is 2. The summed E-state index contributed by atoms with van der Waals surface area (Å²) in [5, 5.41) is 3.65. The van der Waals surface area contributed by atoms with Gasteiger partial charge in [-0.05, 0) is 31.0 Å². The number of nitrogens with one attached hydrogen (secondary N) is 1. The predicted octanol–water partition coefficient (Wildman–Crippen LogP) is 1.12. The number of nitrogens with two attached hydrogens (primary N) is 1. The van der Waals surface area contributed by atoms with Gasteiger partial charge in [0.2, 0.25) is 10.0 Å². The summed E-state index contributed by atoms with van der Waals surface area (Å²) in [6.07, 6.45) is 1.10. The third-order valence-corrected chi connectivity index (χ3v) is 5.95. The maximum absolute atomic E-state index is 12.3. The Hall–Kier alpha value is -0.900. The molecule has 0 aliphatic rings. The largest absolute Gasteiger partial charge is 0.382 e. The van der Waals surface area contributed by atoms with E-state index in [1.54, 1.807) is 0 Å². The predicted molar refractivity (Wildman–Crippen MR) is 88.3 cm³/mol. The monoisotopic (exact) mass is 335 g/mol. The van der Waals surface area contributed by atoms with Crippen molar-refractivity contribution < 1.29 is 8.42 Å². The van der Waals surface area contributed by atoms with Crippen molar-refractivity contribution in [1.82, 2.24) is 13.6 Å². The highest BCUT2D eigenvalue weighted by molar-refractivity contribution is 7.89. The smallest absolute Gasteiger partial charge is 0.249 e. The van der Waals surface area contributed by atoms with Crippen LogP contribution in [-0.4, -0.2) is 62.3 Å². The molecule has 0 bridgehead atoms. The first kappa shape index (κ1) is 18.1. The molecule has 1 heterocycles. The van der Waals surface area contributed by atoms with Crippen LogP contribution in [0.1, 0.15) is 20.3 Å². The van der Waals surface area contributed by atoms with Gasteiger partial charge in [0.25, 0.3) is 0 Å². The van der Waals surface area contributed by atoms with Gasteiger partial charge in [-0.15, -0.1) is 0 Å². The van der Waals surface area contributed by atoms with Gasteiger partial charge in [-0.1, -0.05) is 13.8 Å². The van der Waals surface area contributed by atoms with Gasteiger partial charge in [0, 0.05) is 27.2 Å². The Balaban J connectivity index is 2.78. The summed E-state index contributed by atoms with van der Waals surface area (Å²) in [5.74, 6) is 0.0529. The second-order valence-electron chi connectivity index (χ2n) is 4.87. The highest BCUT2D eigenvalue weighted by Gasteiger charge is 2.27. The van der Waals surface area contributed by atoms with Crippen molar-refractivity contribution >= 4 is 32.4 Å². The summed E-state index contributed by atoms with van der Waals surface area (Å²) in [7, 11) is -0.616. The molecule has 3 N–H and O–H groups in total. The zero-order valence-corrected chi connectivity index (χ0v) is 14.7. The number of likely N-dealkylation sites (N-methyl/N-ethyl adjacent to an activating group) is 1. The normalized spacial score (nSPS) is 12.3. The topological polar surface area (TPSA) is 91.6 Å². The summed E-state index contributed by atoms with van der Waals surface area (Å²) < 4.78 is 29.6. The molecule has 0 unspecified atom stereocenters. The number of nitrogen functional groups attached to an aromatic ring is 1. The fourth-order valence-electron chi connectivity index (χ4n) is 1.91. The Morgan fingerprint density at radius 2 is 1.95 bits per heavy atom. The van der Waals surface area contributed by atoms with Crippen molar-refractivity contribution in [2.75, 3.05) is 51.3 Å². The highest BCUT2D eigenvalue weighted by Crippen LogP contribution is 2.32. The maximum Gasteiger partial charge on any atom is 0.249 e. The van der Waals surface area contributed by atoms with Crippen LogP contribution in [-0.2, 0) is 10.0 Å². The number of rotatable bonds is 9. The number of hydrogen-bond acceptors (Lipinski definition) is 7. The van der Waals surface area contributed by atoms with Gasteiger partial charge in [-0.3, -0.25) is 0 Å². The molecular formula is C12H25N5O2S2. The van der Waals surface area contributed by atoms with E-state index in [1.165, 1.54) is 14.1 Å². The van der Waals surface area contributed by atoms with Crippen molar-refractivity contribution in [3.8, 4) is 0 Å². The van der Waals surface area contributed by atoms with E-state index >= 15 is 0 Å². The van der Waals surface area contributed by atoms with Crippen LogP contribution in [0.4, 0.5) is 10.8 Å². The second kappa shape index (κ2) is 7.92. The minimum atomic E-state index is -3.58. The molecule has 0 aliphatic heterocycles. The van der Waals surface area contributed by atoms with Crippen molar-refractivity contribution in [3.63, 3.8) is 0 Å². The number of anilines is 2. The molecule has 0 radical (unpaired) electrons. The molecule has 0 aliphatic carbocycles. The minimum Gasteiger partial charge on any atom is -0.382 e. The average molecular weight is 335 g/mol. The van der Waals surface area contributed by atoms with Gasteiger partial charge < -0.3 is 16.0 Å². The summed E-state index contributed by atoms with van der Waals surface area (Å²) in [4.78, 5) is 2.38. The van der Waals surface area contributed by atoms with Gasteiger partial charge in [-0.2, -0.15) is 4.37 Å². The minimum absolute atomic E-state index is 0.0529. The number of nitrogens with zero attached hydrogens (tertiary/aromatic N) is 3. The SMILES string of the molecule is CCCN(CC)CCNc1snc(N)c1S(=O)(=O)N(C)C. The lowest BCUT2D eigenvalue weighted by atomic mass is 10.4. The lowest BCUT2D eigenvalue weighted by Gasteiger charge is -2.20. The lowest BCUT2D eigenvalue weighted by molar-refractivity contribution is 0.300. The van der Waals surface area contributed by atoms with Crippen molar-refractivity contribution in [2.24, 2.45) is 0 Å². The van der Waals surface area contributed by atoms with Crippen LogP contribution in [0, 0.1) is 0 Å². The van der Waals surface area contributed by atoms with E-state index < -0.39 is 10.0 Å². The fraction of sp³-hybridized carbons (Fsp3) is 0.750. The van der Waals surface area contributed by atoms with Crippen LogP contribution < -0.4 is 11.1 Å². The third-order valence-electron chi connectivity index (χ3n) is 3.11. The van der Waals surface area contributed by atoms with Gasteiger partial charge in [0.05, 0.1) is 0 Å². The zero-order valence-electron chi connectivity index (χ0n) is 13.1.